The number of benzene rings is 1. The first-order chi connectivity index (χ1) is 9.60. The quantitative estimate of drug-likeness (QED) is 0.516. The molecule has 104 valence electrons. The number of ether oxygens (including phenoxy) is 1. The molecule has 0 spiro atoms. The van der Waals surface area contributed by atoms with E-state index in [-0.39, 0.29) is 18.3 Å². The molecule has 0 saturated heterocycles. The van der Waals surface area contributed by atoms with Crippen LogP contribution in [0.4, 0.5) is 5.69 Å². The number of carbonyl (C=O) groups excluding carboxylic acids is 3. The zero-order valence-electron chi connectivity index (χ0n) is 11.1. The minimum absolute atomic E-state index is 0.0168. The van der Waals surface area contributed by atoms with Crippen molar-refractivity contribution in [2.45, 2.75) is 19.8 Å². The van der Waals surface area contributed by atoms with E-state index in [0.29, 0.717) is 18.4 Å². The fourth-order valence-electron chi connectivity index (χ4n) is 1.96. The van der Waals surface area contributed by atoms with E-state index in [2.05, 4.69) is 5.32 Å². The highest BCUT2D eigenvalue weighted by Crippen LogP contribution is 2.23. The number of rotatable bonds is 4. The minimum Gasteiger partial charge on any atom is -0.454 e. The van der Waals surface area contributed by atoms with Gasteiger partial charge in [0.2, 0.25) is 5.91 Å². The van der Waals surface area contributed by atoms with Gasteiger partial charge in [-0.1, -0.05) is 6.08 Å². The van der Waals surface area contributed by atoms with Crippen molar-refractivity contribution in [3.8, 4) is 0 Å². The van der Waals surface area contributed by atoms with Gasteiger partial charge in [-0.15, -0.1) is 0 Å². The van der Waals surface area contributed by atoms with Crippen molar-refractivity contribution in [2.24, 2.45) is 0 Å². The molecule has 20 heavy (non-hydrogen) atoms. The van der Waals surface area contributed by atoms with Gasteiger partial charge in [0.1, 0.15) is 0 Å². The molecule has 0 aliphatic carbocycles. The summed E-state index contributed by atoms with van der Waals surface area (Å²) in [6.07, 6.45) is 3.84. The zero-order chi connectivity index (χ0) is 14.5. The maximum Gasteiger partial charge on any atom is 0.330 e. The molecule has 0 bridgehead atoms. The van der Waals surface area contributed by atoms with Crippen LogP contribution in [0.1, 0.15) is 29.3 Å². The van der Waals surface area contributed by atoms with Gasteiger partial charge >= 0.3 is 5.97 Å². The van der Waals surface area contributed by atoms with E-state index in [4.69, 9.17) is 4.74 Å². The van der Waals surface area contributed by atoms with Crippen LogP contribution in [0.25, 0.3) is 0 Å². The Kier molecular flexibility index (Phi) is 4.30. The summed E-state index contributed by atoms with van der Waals surface area (Å²) < 4.78 is 4.81. The summed E-state index contributed by atoms with van der Waals surface area (Å²) in [6, 6.07) is 5.06. The molecule has 0 radical (unpaired) electrons. The van der Waals surface area contributed by atoms with E-state index in [1.807, 2.05) is 0 Å². The number of amides is 1. The largest absolute Gasteiger partial charge is 0.454 e. The fraction of sp³-hybridized carbons (Fsp3) is 0.267. The number of hydrogen-bond donors (Lipinski definition) is 1. The molecule has 1 aromatic carbocycles. The van der Waals surface area contributed by atoms with Crippen LogP contribution in [0.3, 0.4) is 0 Å². The highest BCUT2D eigenvalue weighted by molar-refractivity contribution is 6.00. The van der Waals surface area contributed by atoms with Crippen molar-refractivity contribution in [3.63, 3.8) is 0 Å². The third-order valence-corrected chi connectivity index (χ3v) is 2.97. The summed E-state index contributed by atoms with van der Waals surface area (Å²) in [5.74, 6) is -0.814. The lowest BCUT2D eigenvalue weighted by Gasteiger charge is -2.17. The Morgan fingerprint density at radius 1 is 1.35 bits per heavy atom. The van der Waals surface area contributed by atoms with Gasteiger partial charge in [-0.25, -0.2) is 4.79 Å². The number of nitrogens with one attached hydrogen (secondary N) is 1. The first kappa shape index (κ1) is 14.0. The number of fused-ring (bicyclic) bond motifs is 1. The molecule has 1 aliphatic heterocycles. The lowest BCUT2D eigenvalue weighted by atomic mass is 9.99. The average molecular weight is 273 g/mol. The second-order valence-corrected chi connectivity index (χ2v) is 4.45. The van der Waals surface area contributed by atoms with Crippen molar-refractivity contribution < 1.29 is 19.1 Å². The van der Waals surface area contributed by atoms with Crippen LogP contribution in [-0.2, 0) is 20.7 Å². The Morgan fingerprint density at radius 3 is 2.90 bits per heavy atom. The Labute approximate surface area is 116 Å². The van der Waals surface area contributed by atoms with Gasteiger partial charge in [0.15, 0.2) is 12.4 Å². The molecule has 0 aromatic heterocycles. The van der Waals surface area contributed by atoms with Crippen LogP contribution < -0.4 is 5.32 Å². The van der Waals surface area contributed by atoms with E-state index >= 15 is 0 Å². The predicted octanol–water partition coefficient (Wildman–Crippen LogP) is 1.87. The van der Waals surface area contributed by atoms with Crippen molar-refractivity contribution in [1.29, 1.82) is 0 Å². The highest BCUT2D eigenvalue weighted by Gasteiger charge is 2.17. The van der Waals surface area contributed by atoms with Crippen molar-refractivity contribution in [1.82, 2.24) is 0 Å². The van der Waals surface area contributed by atoms with Gasteiger partial charge in [-0.2, -0.15) is 0 Å². The molecule has 0 unspecified atom stereocenters. The van der Waals surface area contributed by atoms with Gasteiger partial charge in [0.05, 0.1) is 0 Å². The number of aryl methyl sites for hydroxylation is 1. The van der Waals surface area contributed by atoms with Gasteiger partial charge in [-0.05, 0) is 37.1 Å². The molecule has 1 aromatic rings. The topological polar surface area (TPSA) is 72.5 Å². The van der Waals surface area contributed by atoms with Crippen LogP contribution in [0.15, 0.2) is 30.4 Å². The molecule has 1 N–H and O–H groups in total. The summed E-state index contributed by atoms with van der Waals surface area (Å²) in [5, 5.41) is 2.75. The van der Waals surface area contributed by atoms with Crippen LogP contribution in [0.5, 0.6) is 0 Å². The van der Waals surface area contributed by atoms with Crippen LogP contribution in [0.2, 0.25) is 0 Å². The molecule has 1 aliphatic rings. The maximum absolute atomic E-state index is 11.9. The van der Waals surface area contributed by atoms with Gasteiger partial charge < -0.3 is 10.1 Å². The third kappa shape index (κ3) is 3.32. The molecule has 0 saturated carbocycles. The average Bonchev–Trinajstić information content (AvgIpc) is 2.44. The number of hydrogen-bond acceptors (Lipinski definition) is 4. The monoisotopic (exact) mass is 273 g/mol. The molecule has 5 heteroatoms. The Bertz CT molecular complexity index is 590. The second-order valence-electron chi connectivity index (χ2n) is 4.45. The van der Waals surface area contributed by atoms with E-state index in [0.717, 1.165) is 11.3 Å². The van der Waals surface area contributed by atoms with Crippen LogP contribution in [-0.4, -0.2) is 24.3 Å². The van der Waals surface area contributed by atoms with Gasteiger partial charge in [-0.3, -0.25) is 9.59 Å². The number of anilines is 1. The van der Waals surface area contributed by atoms with Gasteiger partial charge in [0, 0.05) is 23.7 Å². The smallest absolute Gasteiger partial charge is 0.330 e. The number of ketones is 1. The summed E-state index contributed by atoms with van der Waals surface area (Å²) in [5.41, 5.74) is 2.15. The standard InChI is InChI=1S/C15H15NO4/c1-2-3-15(19)20-9-13(17)11-4-6-12-10(8-11)5-7-14(18)16-12/h2-4,6,8H,5,7,9H2,1H3,(H,16,18)/b3-2+. The van der Waals surface area contributed by atoms with Crippen molar-refractivity contribution in [2.75, 3.05) is 11.9 Å². The third-order valence-electron chi connectivity index (χ3n) is 2.97. The van der Waals surface area contributed by atoms with E-state index < -0.39 is 5.97 Å². The molecular weight excluding hydrogens is 258 g/mol. The van der Waals surface area contributed by atoms with Gasteiger partial charge in [0.25, 0.3) is 0 Å². The zero-order valence-corrected chi connectivity index (χ0v) is 11.1. The molecule has 5 nitrogen and oxygen atoms in total. The number of Topliss-reactive ketones (excluding diaryl/α,β-unsaturated/α-hetero) is 1. The fourth-order valence-corrected chi connectivity index (χ4v) is 1.96. The summed E-state index contributed by atoms with van der Waals surface area (Å²) in [6.45, 7) is 1.41. The molecule has 0 atom stereocenters. The number of carbonyl (C=O) groups is 3. The Balaban J connectivity index is 2.04. The van der Waals surface area contributed by atoms with E-state index in [1.54, 1.807) is 31.2 Å². The van der Waals surface area contributed by atoms with E-state index in [9.17, 15) is 14.4 Å². The molecular formula is C15H15NO4. The SMILES string of the molecule is C/C=C/C(=O)OCC(=O)c1ccc2c(c1)CCC(=O)N2. The second kappa shape index (κ2) is 6.14. The summed E-state index contributed by atoms with van der Waals surface area (Å²) >= 11 is 0. The van der Waals surface area contributed by atoms with Crippen LogP contribution in [0, 0.1) is 0 Å². The Hall–Kier alpha value is -2.43. The lowest BCUT2D eigenvalue weighted by Crippen LogP contribution is -2.20. The first-order valence-electron chi connectivity index (χ1n) is 6.35. The molecule has 1 amide bonds. The maximum atomic E-state index is 11.9. The summed E-state index contributed by atoms with van der Waals surface area (Å²) in [7, 11) is 0. The van der Waals surface area contributed by atoms with Crippen molar-refractivity contribution >= 4 is 23.3 Å². The number of esters is 1. The summed E-state index contributed by atoms with van der Waals surface area (Å²) in [4.78, 5) is 34.3. The Morgan fingerprint density at radius 2 is 2.15 bits per heavy atom. The highest BCUT2D eigenvalue weighted by atomic mass is 16.5. The van der Waals surface area contributed by atoms with Crippen molar-refractivity contribution in [3.05, 3.63) is 41.5 Å². The number of allylic oxidation sites excluding steroid dienone is 1. The normalized spacial score (nSPS) is 13.8. The molecule has 2 rings (SSSR count). The predicted molar refractivity (Wildman–Crippen MR) is 73.5 cm³/mol. The minimum atomic E-state index is -0.536. The molecule has 0 fully saturated rings. The van der Waals surface area contributed by atoms with Crippen LogP contribution >= 0.6 is 0 Å². The van der Waals surface area contributed by atoms with E-state index in [1.165, 1.54) is 6.08 Å². The first-order valence-corrected chi connectivity index (χ1v) is 6.35. The molecule has 1 heterocycles. The lowest BCUT2D eigenvalue weighted by molar-refractivity contribution is -0.136.